The Morgan fingerprint density at radius 3 is 2.66 bits per heavy atom. The summed E-state index contributed by atoms with van der Waals surface area (Å²) in [6, 6.07) is 12.9. The Bertz CT molecular complexity index is 1210. The SMILES string of the molecule is O=C(c1ccc2c(c1)N(c1ncc(-c3ccccn3)cn1)CC21CC1)N1C[C@@H]2C[C@H]1CN2. The van der Waals surface area contributed by atoms with E-state index in [1.807, 2.05) is 41.6 Å². The fourth-order valence-electron chi connectivity index (χ4n) is 5.67. The molecule has 3 aliphatic heterocycles. The lowest BCUT2D eigenvalue weighted by Gasteiger charge is -2.28. The van der Waals surface area contributed by atoms with Crippen LogP contribution in [-0.2, 0) is 5.41 Å². The minimum atomic E-state index is 0.143. The van der Waals surface area contributed by atoms with Crippen molar-refractivity contribution in [3.63, 3.8) is 0 Å². The summed E-state index contributed by atoms with van der Waals surface area (Å²) in [6.07, 6.45) is 8.88. The largest absolute Gasteiger partial charge is 0.333 e. The Balaban J connectivity index is 1.22. The van der Waals surface area contributed by atoms with E-state index >= 15 is 0 Å². The topological polar surface area (TPSA) is 74.2 Å². The zero-order chi connectivity index (χ0) is 21.3. The van der Waals surface area contributed by atoms with Crippen molar-refractivity contribution < 1.29 is 4.79 Å². The number of anilines is 2. The number of benzene rings is 1. The van der Waals surface area contributed by atoms with Crippen LogP contribution in [0.1, 0.15) is 35.2 Å². The molecule has 1 aliphatic carbocycles. The van der Waals surface area contributed by atoms with Crippen LogP contribution in [0.5, 0.6) is 0 Å². The number of rotatable bonds is 3. The number of amides is 1. The smallest absolute Gasteiger partial charge is 0.254 e. The van der Waals surface area contributed by atoms with Crippen LogP contribution in [0, 0.1) is 0 Å². The van der Waals surface area contributed by atoms with Crippen molar-refractivity contribution in [1.82, 2.24) is 25.2 Å². The van der Waals surface area contributed by atoms with Gasteiger partial charge in [-0.05, 0) is 49.1 Å². The first-order valence-corrected chi connectivity index (χ1v) is 11.4. The molecule has 0 unspecified atom stereocenters. The highest BCUT2D eigenvalue weighted by atomic mass is 16.2. The molecule has 32 heavy (non-hydrogen) atoms. The minimum absolute atomic E-state index is 0.143. The van der Waals surface area contributed by atoms with E-state index in [-0.39, 0.29) is 11.3 Å². The van der Waals surface area contributed by atoms with E-state index < -0.39 is 0 Å². The molecule has 7 nitrogen and oxygen atoms in total. The molecule has 2 aromatic heterocycles. The molecule has 7 rings (SSSR count). The number of hydrogen-bond acceptors (Lipinski definition) is 6. The van der Waals surface area contributed by atoms with Crippen molar-refractivity contribution in [3.8, 4) is 11.3 Å². The van der Waals surface area contributed by atoms with Gasteiger partial charge in [0.2, 0.25) is 5.95 Å². The van der Waals surface area contributed by atoms with E-state index in [1.54, 1.807) is 6.20 Å². The van der Waals surface area contributed by atoms with Gasteiger partial charge in [-0.15, -0.1) is 0 Å². The van der Waals surface area contributed by atoms with E-state index in [0.29, 0.717) is 18.0 Å². The highest BCUT2D eigenvalue weighted by Crippen LogP contribution is 2.57. The first kappa shape index (κ1) is 18.3. The van der Waals surface area contributed by atoms with E-state index in [9.17, 15) is 4.79 Å². The molecule has 2 saturated heterocycles. The summed E-state index contributed by atoms with van der Waals surface area (Å²) in [6.45, 7) is 2.60. The number of hydrogen-bond donors (Lipinski definition) is 1. The van der Waals surface area contributed by atoms with Gasteiger partial charge < -0.3 is 15.1 Å². The van der Waals surface area contributed by atoms with Crippen LogP contribution < -0.4 is 10.2 Å². The van der Waals surface area contributed by atoms with Gasteiger partial charge in [0.1, 0.15) is 0 Å². The van der Waals surface area contributed by atoms with Crippen molar-refractivity contribution in [2.75, 3.05) is 24.5 Å². The number of piperazine rings is 1. The summed E-state index contributed by atoms with van der Waals surface area (Å²) in [5.74, 6) is 0.827. The Labute approximate surface area is 186 Å². The van der Waals surface area contributed by atoms with Gasteiger partial charge in [-0.25, -0.2) is 9.97 Å². The summed E-state index contributed by atoms with van der Waals surface area (Å²) in [5.41, 5.74) is 5.14. The molecule has 3 aromatic rings. The Morgan fingerprint density at radius 1 is 1.09 bits per heavy atom. The van der Waals surface area contributed by atoms with Crippen LogP contribution in [-0.4, -0.2) is 57.5 Å². The van der Waals surface area contributed by atoms with Crippen molar-refractivity contribution >= 4 is 17.5 Å². The highest BCUT2D eigenvalue weighted by molar-refractivity contribution is 5.96. The third-order valence-electron chi connectivity index (χ3n) is 7.58. The average molecular weight is 425 g/mol. The molecule has 1 amide bonds. The lowest BCUT2D eigenvalue weighted by Crippen LogP contribution is -2.46. The van der Waals surface area contributed by atoms with Crippen LogP contribution in [0.4, 0.5) is 11.6 Å². The predicted octanol–water partition coefficient (Wildman–Crippen LogP) is 2.91. The third kappa shape index (κ3) is 2.70. The zero-order valence-electron chi connectivity index (χ0n) is 17.7. The van der Waals surface area contributed by atoms with Gasteiger partial charge in [0, 0.05) is 72.5 Å². The number of nitrogens with zero attached hydrogens (tertiary/aromatic N) is 5. The molecule has 0 radical (unpaired) electrons. The number of carbonyl (C=O) groups excluding carboxylic acids is 1. The molecule has 2 bridgehead atoms. The van der Waals surface area contributed by atoms with Gasteiger partial charge >= 0.3 is 0 Å². The van der Waals surface area contributed by atoms with E-state index in [1.165, 1.54) is 18.4 Å². The van der Waals surface area contributed by atoms with Gasteiger partial charge in [-0.3, -0.25) is 9.78 Å². The number of pyridine rings is 1. The first-order valence-electron chi connectivity index (χ1n) is 11.4. The van der Waals surface area contributed by atoms with Crippen molar-refractivity contribution in [2.24, 2.45) is 0 Å². The van der Waals surface area contributed by atoms with Crippen LogP contribution in [0.15, 0.2) is 55.0 Å². The maximum absolute atomic E-state index is 13.3. The summed E-state index contributed by atoms with van der Waals surface area (Å²) in [7, 11) is 0. The van der Waals surface area contributed by atoms with Crippen LogP contribution in [0.3, 0.4) is 0 Å². The molecule has 3 fully saturated rings. The quantitative estimate of drug-likeness (QED) is 0.697. The average Bonchev–Trinajstić information content (AvgIpc) is 3.17. The lowest BCUT2D eigenvalue weighted by atomic mass is 9.97. The molecule has 160 valence electrons. The minimum Gasteiger partial charge on any atom is -0.333 e. The Morgan fingerprint density at radius 2 is 1.97 bits per heavy atom. The van der Waals surface area contributed by atoms with Gasteiger partial charge in [-0.2, -0.15) is 0 Å². The molecule has 1 N–H and O–H groups in total. The second-order valence-electron chi connectivity index (χ2n) is 9.54. The van der Waals surface area contributed by atoms with Gasteiger partial charge in [-0.1, -0.05) is 12.1 Å². The Hall–Kier alpha value is -3.32. The van der Waals surface area contributed by atoms with Crippen molar-refractivity contribution in [2.45, 2.75) is 36.8 Å². The normalized spacial score (nSPS) is 24.2. The molecule has 5 heterocycles. The third-order valence-corrected chi connectivity index (χ3v) is 7.58. The van der Waals surface area contributed by atoms with Crippen LogP contribution in [0.25, 0.3) is 11.3 Å². The predicted molar refractivity (Wildman–Crippen MR) is 121 cm³/mol. The lowest BCUT2D eigenvalue weighted by molar-refractivity contribution is 0.0716. The van der Waals surface area contributed by atoms with Crippen LogP contribution >= 0.6 is 0 Å². The highest BCUT2D eigenvalue weighted by Gasteiger charge is 2.52. The zero-order valence-corrected chi connectivity index (χ0v) is 17.7. The van der Waals surface area contributed by atoms with Gasteiger partial charge in [0.25, 0.3) is 5.91 Å². The summed E-state index contributed by atoms with van der Waals surface area (Å²) in [4.78, 5) is 31.3. The maximum Gasteiger partial charge on any atom is 0.254 e. The molecule has 1 saturated carbocycles. The molecule has 7 heteroatoms. The van der Waals surface area contributed by atoms with E-state index in [2.05, 4.69) is 37.3 Å². The van der Waals surface area contributed by atoms with Gasteiger partial charge in [0.05, 0.1) is 5.69 Å². The first-order chi connectivity index (χ1) is 15.7. The molecule has 4 aliphatic rings. The fraction of sp³-hybridized carbons (Fsp3) is 0.360. The summed E-state index contributed by atoms with van der Waals surface area (Å²) < 4.78 is 0. The van der Waals surface area contributed by atoms with Crippen molar-refractivity contribution in [3.05, 3.63) is 66.1 Å². The summed E-state index contributed by atoms with van der Waals surface area (Å²) in [5, 5.41) is 3.47. The Kier molecular flexibility index (Phi) is 3.76. The molecular formula is C25H24N6O. The van der Waals surface area contributed by atoms with E-state index in [0.717, 1.165) is 48.6 Å². The maximum atomic E-state index is 13.3. The molecule has 1 aromatic carbocycles. The number of carbonyl (C=O) groups is 1. The van der Waals surface area contributed by atoms with Crippen molar-refractivity contribution in [1.29, 1.82) is 0 Å². The van der Waals surface area contributed by atoms with Crippen LogP contribution in [0.2, 0.25) is 0 Å². The number of nitrogens with one attached hydrogen (secondary N) is 1. The number of fused-ring (bicyclic) bond motifs is 4. The number of aromatic nitrogens is 3. The summed E-state index contributed by atoms with van der Waals surface area (Å²) >= 11 is 0. The monoisotopic (exact) mass is 424 g/mol. The molecular weight excluding hydrogens is 400 g/mol. The second kappa shape index (κ2) is 6.59. The molecule has 2 atom stereocenters. The molecule has 1 spiro atoms. The fourth-order valence-corrected chi connectivity index (χ4v) is 5.67. The standard InChI is InChI=1S/C25H24N6O/c32-23(30-14-18-10-19(30)13-27-18)16-4-5-20-22(9-16)31(15-25(20)6-7-25)24-28-11-17(12-29-24)21-3-1-2-8-26-21/h1-5,8-9,11-12,18-19,27H,6-7,10,13-15H2/t18-,19-/m0/s1. The second-order valence-corrected chi connectivity index (χ2v) is 9.54. The van der Waals surface area contributed by atoms with E-state index in [4.69, 9.17) is 0 Å². The number of likely N-dealkylation sites (tertiary alicyclic amines) is 1. The van der Waals surface area contributed by atoms with Gasteiger partial charge in [0.15, 0.2) is 0 Å².